The number of carbonyl (C=O) groups excluding carboxylic acids is 3. The van der Waals surface area contributed by atoms with Crippen LogP contribution in [0, 0.1) is 0 Å². The number of hydrogen-bond acceptors (Lipinski definition) is 6. The zero-order valence-electron chi connectivity index (χ0n) is 38.0. The first kappa shape index (κ1) is 55.1. The van der Waals surface area contributed by atoms with Crippen molar-refractivity contribution < 1.29 is 28.6 Å². The van der Waals surface area contributed by atoms with Gasteiger partial charge in [-0.15, -0.1) is 0 Å². The van der Waals surface area contributed by atoms with E-state index in [4.69, 9.17) is 14.2 Å². The van der Waals surface area contributed by atoms with Gasteiger partial charge in [0, 0.05) is 19.3 Å². The van der Waals surface area contributed by atoms with Crippen LogP contribution in [0.5, 0.6) is 0 Å². The highest BCUT2D eigenvalue weighted by Crippen LogP contribution is 2.15. The molecule has 0 saturated carbocycles. The Balaban J connectivity index is 4.42. The molecular formula is C52H90O6. The summed E-state index contributed by atoms with van der Waals surface area (Å²) in [6.45, 7) is 6.38. The molecule has 6 nitrogen and oxygen atoms in total. The van der Waals surface area contributed by atoms with E-state index in [1.807, 2.05) is 0 Å². The Morgan fingerprint density at radius 3 is 1.05 bits per heavy atom. The lowest BCUT2D eigenvalue weighted by atomic mass is 10.0. The van der Waals surface area contributed by atoms with Crippen LogP contribution < -0.4 is 0 Å². The van der Waals surface area contributed by atoms with Crippen LogP contribution >= 0.6 is 0 Å². The predicted molar refractivity (Wildman–Crippen MR) is 247 cm³/mol. The van der Waals surface area contributed by atoms with E-state index in [2.05, 4.69) is 81.5 Å². The maximum Gasteiger partial charge on any atom is 0.306 e. The van der Waals surface area contributed by atoms with Crippen molar-refractivity contribution in [3.8, 4) is 0 Å². The molecule has 0 radical (unpaired) electrons. The molecule has 6 heteroatoms. The Bertz CT molecular complexity index is 1070. The molecule has 0 aromatic rings. The van der Waals surface area contributed by atoms with Crippen LogP contribution in [0.1, 0.15) is 233 Å². The topological polar surface area (TPSA) is 78.9 Å². The Kier molecular flexibility index (Phi) is 44.5. The van der Waals surface area contributed by atoms with Crippen LogP contribution in [0.4, 0.5) is 0 Å². The standard InChI is InChI=1S/C52H90O6/c1-4-7-10-13-16-19-22-25-27-30-33-36-39-42-45-51(54)57-48-49(47-56-50(53)44-41-38-35-32-29-24-21-18-15-12-9-6-3)58-52(55)46-43-40-37-34-31-28-26-23-20-17-14-11-8-5-2/h7,9-10,12,16,18-19,21,25,27,49H,4-6,8,11,13-15,17,20,22-24,26,28-48H2,1-3H3/b10-7-,12-9-,19-16-,21-18-,27-25-. The summed E-state index contributed by atoms with van der Waals surface area (Å²) in [7, 11) is 0. The van der Waals surface area contributed by atoms with Gasteiger partial charge in [-0.1, -0.05) is 197 Å². The van der Waals surface area contributed by atoms with Gasteiger partial charge in [0.15, 0.2) is 6.10 Å². The third-order valence-corrected chi connectivity index (χ3v) is 10.3. The minimum absolute atomic E-state index is 0.0877. The molecule has 0 aromatic carbocycles. The quantitative estimate of drug-likeness (QED) is 0.0264. The van der Waals surface area contributed by atoms with Crippen LogP contribution in [0.25, 0.3) is 0 Å². The van der Waals surface area contributed by atoms with Crippen LogP contribution in [-0.4, -0.2) is 37.2 Å². The van der Waals surface area contributed by atoms with Gasteiger partial charge >= 0.3 is 17.9 Å². The molecule has 0 aromatic heterocycles. The fraction of sp³-hybridized carbons (Fsp3) is 0.750. The Morgan fingerprint density at radius 2 is 0.672 bits per heavy atom. The molecule has 334 valence electrons. The van der Waals surface area contributed by atoms with E-state index in [-0.39, 0.29) is 31.1 Å². The molecule has 0 fully saturated rings. The van der Waals surface area contributed by atoms with Crippen molar-refractivity contribution in [2.45, 2.75) is 239 Å². The monoisotopic (exact) mass is 811 g/mol. The zero-order chi connectivity index (χ0) is 42.3. The van der Waals surface area contributed by atoms with Crippen molar-refractivity contribution in [3.05, 3.63) is 60.8 Å². The lowest BCUT2D eigenvalue weighted by Gasteiger charge is -2.18. The molecule has 0 amide bonds. The largest absolute Gasteiger partial charge is 0.462 e. The van der Waals surface area contributed by atoms with Gasteiger partial charge in [-0.25, -0.2) is 0 Å². The minimum Gasteiger partial charge on any atom is -0.462 e. The van der Waals surface area contributed by atoms with Crippen LogP contribution in [0.15, 0.2) is 60.8 Å². The summed E-state index contributed by atoms with van der Waals surface area (Å²) in [5, 5.41) is 0. The summed E-state index contributed by atoms with van der Waals surface area (Å²) >= 11 is 0. The summed E-state index contributed by atoms with van der Waals surface area (Å²) in [5.74, 6) is -0.922. The predicted octanol–water partition coefficient (Wildman–Crippen LogP) is 15.7. The number of allylic oxidation sites excluding steroid dienone is 10. The highest BCUT2D eigenvalue weighted by atomic mass is 16.6. The normalized spacial score (nSPS) is 12.5. The highest BCUT2D eigenvalue weighted by Gasteiger charge is 2.19. The summed E-state index contributed by atoms with van der Waals surface area (Å²) in [6.07, 6.45) is 56.3. The number of unbranched alkanes of at least 4 members (excludes halogenated alkanes) is 22. The first-order valence-electron chi connectivity index (χ1n) is 24.3. The van der Waals surface area contributed by atoms with Gasteiger partial charge in [0.25, 0.3) is 0 Å². The lowest BCUT2D eigenvalue weighted by Crippen LogP contribution is -2.30. The van der Waals surface area contributed by atoms with Crippen LogP contribution in [0.2, 0.25) is 0 Å². The summed E-state index contributed by atoms with van der Waals surface area (Å²) < 4.78 is 16.7. The Labute approximate surface area is 358 Å². The van der Waals surface area contributed by atoms with Crippen molar-refractivity contribution in [2.75, 3.05) is 13.2 Å². The molecule has 0 spiro atoms. The van der Waals surface area contributed by atoms with Crippen molar-refractivity contribution in [2.24, 2.45) is 0 Å². The van der Waals surface area contributed by atoms with E-state index in [1.165, 1.54) is 70.6 Å². The van der Waals surface area contributed by atoms with E-state index < -0.39 is 6.10 Å². The number of ether oxygens (including phenoxy) is 3. The fourth-order valence-electron chi connectivity index (χ4n) is 6.67. The van der Waals surface area contributed by atoms with Gasteiger partial charge in [-0.05, 0) is 77.0 Å². The maximum absolute atomic E-state index is 12.8. The second-order valence-corrected chi connectivity index (χ2v) is 16.0. The third-order valence-electron chi connectivity index (χ3n) is 10.3. The molecule has 0 N–H and O–H groups in total. The van der Waals surface area contributed by atoms with Crippen molar-refractivity contribution >= 4 is 17.9 Å². The molecule has 0 saturated heterocycles. The molecule has 0 aliphatic heterocycles. The second-order valence-electron chi connectivity index (χ2n) is 16.0. The maximum atomic E-state index is 12.8. The van der Waals surface area contributed by atoms with Crippen molar-refractivity contribution in [1.29, 1.82) is 0 Å². The first-order valence-corrected chi connectivity index (χ1v) is 24.3. The smallest absolute Gasteiger partial charge is 0.306 e. The number of esters is 3. The highest BCUT2D eigenvalue weighted by molar-refractivity contribution is 5.71. The van der Waals surface area contributed by atoms with Crippen molar-refractivity contribution in [3.63, 3.8) is 0 Å². The van der Waals surface area contributed by atoms with E-state index in [0.717, 1.165) is 122 Å². The lowest BCUT2D eigenvalue weighted by molar-refractivity contribution is -0.167. The summed E-state index contributed by atoms with van der Waals surface area (Å²) in [4.78, 5) is 37.8. The number of rotatable bonds is 43. The minimum atomic E-state index is -0.785. The van der Waals surface area contributed by atoms with Crippen LogP contribution in [-0.2, 0) is 28.6 Å². The molecule has 0 aliphatic rings. The molecule has 58 heavy (non-hydrogen) atoms. The van der Waals surface area contributed by atoms with Gasteiger partial charge in [-0.2, -0.15) is 0 Å². The van der Waals surface area contributed by atoms with Gasteiger partial charge in [0.05, 0.1) is 0 Å². The molecular weight excluding hydrogens is 721 g/mol. The number of hydrogen-bond donors (Lipinski definition) is 0. The van der Waals surface area contributed by atoms with Crippen LogP contribution in [0.3, 0.4) is 0 Å². The molecule has 1 unspecified atom stereocenters. The average Bonchev–Trinajstić information content (AvgIpc) is 3.22. The van der Waals surface area contributed by atoms with Gasteiger partial charge < -0.3 is 14.2 Å². The summed E-state index contributed by atoms with van der Waals surface area (Å²) in [6, 6.07) is 0. The zero-order valence-corrected chi connectivity index (χ0v) is 38.0. The average molecular weight is 811 g/mol. The first-order chi connectivity index (χ1) is 28.5. The van der Waals surface area contributed by atoms with Gasteiger partial charge in [0.2, 0.25) is 0 Å². The molecule has 0 heterocycles. The van der Waals surface area contributed by atoms with E-state index in [1.54, 1.807) is 0 Å². The van der Waals surface area contributed by atoms with Gasteiger partial charge in [0.1, 0.15) is 13.2 Å². The second kappa shape index (κ2) is 46.8. The van der Waals surface area contributed by atoms with Crippen molar-refractivity contribution in [1.82, 2.24) is 0 Å². The van der Waals surface area contributed by atoms with E-state index in [9.17, 15) is 14.4 Å². The fourth-order valence-corrected chi connectivity index (χ4v) is 6.67. The third kappa shape index (κ3) is 44.2. The molecule has 0 aliphatic carbocycles. The van der Waals surface area contributed by atoms with E-state index in [0.29, 0.717) is 19.3 Å². The Morgan fingerprint density at radius 1 is 0.362 bits per heavy atom. The number of carbonyl (C=O) groups is 3. The summed E-state index contributed by atoms with van der Waals surface area (Å²) in [5.41, 5.74) is 0. The van der Waals surface area contributed by atoms with E-state index >= 15 is 0 Å². The SMILES string of the molecule is CC/C=C\C/C=C\C/C=C\CCCCCCC(=O)OCC(COC(=O)CCCCCCC/C=C\C/C=C\CC)OC(=O)CCCCCCCCCCCCCCCC. The molecule has 1 atom stereocenters. The van der Waals surface area contributed by atoms with Gasteiger partial charge in [-0.3, -0.25) is 14.4 Å². The molecule has 0 rings (SSSR count). The molecule has 0 bridgehead atoms. The Hall–Kier alpha value is -2.89.